The van der Waals surface area contributed by atoms with Gasteiger partial charge in [-0.25, -0.2) is 18.2 Å². The maximum absolute atomic E-state index is 13.5. The number of amides is 1. The number of rotatable bonds is 5. The first-order valence-corrected chi connectivity index (χ1v) is 12.6. The monoisotopic (exact) mass is 457 g/mol. The molecule has 0 N–H and O–H groups in total. The van der Waals surface area contributed by atoms with Crippen molar-refractivity contribution in [2.75, 3.05) is 11.4 Å². The van der Waals surface area contributed by atoms with E-state index in [-0.39, 0.29) is 17.0 Å². The second-order valence-electron chi connectivity index (χ2n) is 9.58. The molecule has 1 amide bonds. The van der Waals surface area contributed by atoms with Crippen molar-refractivity contribution in [2.24, 2.45) is 0 Å². The Labute approximate surface area is 190 Å². The summed E-state index contributed by atoms with van der Waals surface area (Å²) < 4.78 is 34.2. The van der Waals surface area contributed by atoms with Crippen LogP contribution in [-0.4, -0.2) is 42.0 Å². The standard InChI is InChI=1S/C24H31N3O4S/c1-17-9-13-19(14-10-17)32(29,30)26-16-6-8-21(26)20-7-5-15-25-22(20)27(18-11-12-18)23(28)31-24(2,3)4/h5,7,9-10,13-15,18,21H,6,8,11-12,16H2,1-4H3. The predicted molar refractivity (Wildman–Crippen MR) is 123 cm³/mol. The summed E-state index contributed by atoms with van der Waals surface area (Å²) in [6.45, 7) is 7.87. The largest absolute Gasteiger partial charge is 0.443 e. The molecule has 1 saturated carbocycles. The third-order valence-electron chi connectivity index (χ3n) is 5.74. The molecule has 1 atom stereocenters. The van der Waals surface area contributed by atoms with E-state index in [9.17, 15) is 13.2 Å². The fourth-order valence-corrected chi connectivity index (χ4v) is 5.78. The van der Waals surface area contributed by atoms with Gasteiger partial charge in [0.2, 0.25) is 10.0 Å². The second kappa shape index (κ2) is 8.48. The van der Waals surface area contributed by atoms with Crippen molar-refractivity contribution in [3.05, 3.63) is 53.7 Å². The number of hydrogen-bond donors (Lipinski definition) is 0. The first kappa shape index (κ1) is 22.7. The Balaban J connectivity index is 1.71. The fourth-order valence-electron chi connectivity index (χ4n) is 4.11. The van der Waals surface area contributed by atoms with Crippen molar-refractivity contribution >= 4 is 21.9 Å². The summed E-state index contributed by atoms with van der Waals surface area (Å²) in [4.78, 5) is 19.5. The Morgan fingerprint density at radius 1 is 1.12 bits per heavy atom. The van der Waals surface area contributed by atoms with Crippen LogP contribution in [0.4, 0.5) is 10.6 Å². The number of carbonyl (C=O) groups excluding carboxylic acids is 1. The zero-order valence-electron chi connectivity index (χ0n) is 19.1. The van der Waals surface area contributed by atoms with Gasteiger partial charge in [-0.1, -0.05) is 23.8 Å². The van der Waals surface area contributed by atoms with Gasteiger partial charge in [-0.05, 0) is 71.6 Å². The number of aryl methyl sites for hydroxylation is 1. The average Bonchev–Trinajstić information content (AvgIpc) is 3.41. The molecule has 4 rings (SSSR count). The molecule has 32 heavy (non-hydrogen) atoms. The fraction of sp³-hybridized carbons (Fsp3) is 0.500. The van der Waals surface area contributed by atoms with E-state index in [1.165, 1.54) is 0 Å². The summed E-state index contributed by atoms with van der Waals surface area (Å²) >= 11 is 0. The van der Waals surface area contributed by atoms with Crippen molar-refractivity contribution in [1.82, 2.24) is 9.29 Å². The van der Waals surface area contributed by atoms with E-state index >= 15 is 0 Å². The lowest BCUT2D eigenvalue weighted by Gasteiger charge is -2.31. The van der Waals surface area contributed by atoms with Crippen LogP contribution < -0.4 is 4.90 Å². The number of sulfonamides is 1. The molecular formula is C24H31N3O4S. The Morgan fingerprint density at radius 2 is 1.81 bits per heavy atom. The number of anilines is 1. The average molecular weight is 458 g/mol. The van der Waals surface area contributed by atoms with Crippen LogP contribution in [0.25, 0.3) is 0 Å². The molecule has 1 aromatic heterocycles. The summed E-state index contributed by atoms with van der Waals surface area (Å²) in [5.41, 5.74) is 1.13. The Kier molecular flexibility index (Phi) is 6.02. The lowest BCUT2D eigenvalue weighted by atomic mass is 10.1. The first-order chi connectivity index (χ1) is 15.1. The molecule has 2 fully saturated rings. The molecule has 2 aromatic rings. The molecule has 7 nitrogen and oxygen atoms in total. The van der Waals surface area contributed by atoms with E-state index < -0.39 is 21.7 Å². The number of pyridine rings is 1. The van der Waals surface area contributed by atoms with Crippen LogP contribution in [0.15, 0.2) is 47.5 Å². The Morgan fingerprint density at radius 3 is 2.44 bits per heavy atom. The zero-order chi connectivity index (χ0) is 23.1. The van der Waals surface area contributed by atoms with Crippen LogP contribution in [0.5, 0.6) is 0 Å². The summed E-state index contributed by atoms with van der Waals surface area (Å²) in [7, 11) is -3.68. The molecule has 172 valence electrons. The van der Waals surface area contributed by atoms with Gasteiger partial charge in [-0.2, -0.15) is 4.31 Å². The van der Waals surface area contributed by atoms with Crippen molar-refractivity contribution < 1.29 is 17.9 Å². The van der Waals surface area contributed by atoms with Crippen molar-refractivity contribution in [3.8, 4) is 0 Å². The molecule has 1 aliphatic carbocycles. The van der Waals surface area contributed by atoms with Gasteiger partial charge in [0.25, 0.3) is 0 Å². The number of benzene rings is 1. The summed E-state index contributed by atoms with van der Waals surface area (Å²) in [6.07, 6.45) is 4.39. The highest BCUT2D eigenvalue weighted by Crippen LogP contribution is 2.42. The minimum Gasteiger partial charge on any atom is -0.443 e. The number of ether oxygens (including phenoxy) is 1. The summed E-state index contributed by atoms with van der Waals surface area (Å²) in [6, 6.07) is 10.3. The number of aromatic nitrogens is 1. The van der Waals surface area contributed by atoms with E-state index in [0.717, 1.165) is 30.4 Å². The van der Waals surface area contributed by atoms with Gasteiger partial charge in [-0.15, -0.1) is 0 Å². The second-order valence-corrected chi connectivity index (χ2v) is 11.5. The first-order valence-electron chi connectivity index (χ1n) is 11.1. The normalized spacial score (nSPS) is 19.7. The maximum atomic E-state index is 13.5. The van der Waals surface area contributed by atoms with Gasteiger partial charge >= 0.3 is 6.09 Å². The van der Waals surface area contributed by atoms with E-state index in [4.69, 9.17) is 4.74 Å². The van der Waals surface area contributed by atoms with Crippen molar-refractivity contribution in [1.29, 1.82) is 0 Å². The third-order valence-corrected chi connectivity index (χ3v) is 7.66. The van der Waals surface area contributed by atoms with Crippen LogP contribution in [0, 0.1) is 6.92 Å². The van der Waals surface area contributed by atoms with Gasteiger partial charge in [0.05, 0.1) is 10.9 Å². The Bertz CT molecular complexity index is 1090. The van der Waals surface area contributed by atoms with Crippen molar-refractivity contribution in [2.45, 2.75) is 76.0 Å². The highest BCUT2D eigenvalue weighted by Gasteiger charge is 2.42. The molecule has 1 aromatic carbocycles. The van der Waals surface area contributed by atoms with Crippen LogP contribution in [-0.2, 0) is 14.8 Å². The van der Waals surface area contributed by atoms with E-state index in [0.29, 0.717) is 18.8 Å². The van der Waals surface area contributed by atoms with Crippen LogP contribution in [0.1, 0.15) is 63.6 Å². The smallest absolute Gasteiger partial charge is 0.416 e. The number of nitrogens with zero attached hydrogens (tertiary/aromatic N) is 3. The molecule has 8 heteroatoms. The minimum atomic E-state index is -3.68. The molecule has 2 heterocycles. The maximum Gasteiger partial charge on any atom is 0.416 e. The van der Waals surface area contributed by atoms with Crippen LogP contribution >= 0.6 is 0 Å². The minimum absolute atomic E-state index is 0.0297. The molecule has 0 bridgehead atoms. The van der Waals surface area contributed by atoms with Crippen LogP contribution in [0.3, 0.4) is 0 Å². The molecule has 0 spiro atoms. The topological polar surface area (TPSA) is 79.8 Å². The Hall–Kier alpha value is -2.45. The summed E-state index contributed by atoms with van der Waals surface area (Å²) in [5.74, 6) is 0.500. The van der Waals surface area contributed by atoms with Crippen molar-refractivity contribution in [3.63, 3.8) is 0 Å². The van der Waals surface area contributed by atoms with Gasteiger partial charge in [0.15, 0.2) is 0 Å². The molecule has 1 unspecified atom stereocenters. The highest BCUT2D eigenvalue weighted by molar-refractivity contribution is 7.89. The highest BCUT2D eigenvalue weighted by atomic mass is 32.2. The van der Waals surface area contributed by atoms with Gasteiger partial charge in [-0.3, -0.25) is 4.90 Å². The number of hydrogen-bond acceptors (Lipinski definition) is 5. The van der Waals surface area contributed by atoms with Gasteiger partial charge in [0, 0.05) is 24.3 Å². The van der Waals surface area contributed by atoms with E-state index in [1.54, 1.807) is 33.6 Å². The zero-order valence-corrected chi connectivity index (χ0v) is 19.9. The molecule has 1 aliphatic heterocycles. The lowest BCUT2D eigenvalue weighted by molar-refractivity contribution is 0.0576. The molecule has 0 radical (unpaired) electrons. The number of carbonyl (C=O) groups is 1. The molecule has 1 saturated heterocycles. The molecular weight excluding hydrogens is 426 g/mol. The SMILES string of the molecule is Cc1ccc(S(=O)(=O)N2CCCC2c2cccnc2N(C(=O)OC(C)(C)C)C2CC2)cc1. The quantitative estimate of drug-likeness (QED) is 0.643. The predicted octanol–water partition coefficient (Wildman–Crippen LogP) is 4.82. The van der Waals surface area contributed by atoms with Crippen LogP contribution in [0.2, 0.25) is 0 Å². The van der Waals surface area contributed by atoms with Gasteiger partial charge < -0.3 is 4.74 Å². The third kappa shape index (κ3) is 4.66. The van der Waals surface area contributed by atoms with E-state index in [1.807, 2.05) is 45.9 Å². The lowest BCUT2D eigenvalue weighted by Crippen LogP contribution is -2.40. The van der Waals surface area contributed by atoms with Gasteiger partial charge in [0.1, 0.15) is 11.4 Å². The molecule has 2 aliphatic rings. The summed E-state index contributed by atoms with van der Waals surface area (Å²) in [5, 5.41) is 0. The van der Waals surface area contributed by atoms with E-state index in [2.05, 4.69) is 4.98 Å².